The predicted octanol–water partition coefficient (Wildman–Crippen LogP) is 3.66. The molecule has 0 radical (unpaired) electrons. The van der Waals surface area contributed by atoms with Crippen molar-refractivity contribution in [1.82, 2.24) is 4.98 Å². The summed E-state index contributed by atoms with van der Waals surface area (Å²) in [5, 5.41) is 9.83. The second-order valence-electron chi connectivity index (χ2n) is 4.34. The van der Waals surface area contributed by atoms with Crippen LogP contribution in [-0.4, -0.2) is 22.6 Å². The van der Waals surface area contributed by atoms with E-state index in [1.54, 1.807) is 19.2 Å². The molecule has 0 aliphatic carbocycles. The molecular formula is C15H16N2O2S. The molecule has 2 rings (SSSR count). The standard InChI is InChI=1S/C15H16N2O2S/c1-3-9-17(12-7-5-4-6-8-12)15-16-10-13(20-15)11(2)14(18)19/h3-8,10-11H,1,9H2,2H3,(H,18,19). The summed E-state index contributed by atoms with van der Waals surface area (Å²) in [5.41, 5.74) is 1.01. The van der Waals surface area contributed by atoms with Gasteiger partial charge in [-0.15, -0.1) is 17.9 Å². The molecule has 0 saturated carbocycles. The van der Waals surface area contributed by atoms with Crippen molar-refractivity contribution in [2.24, 2.45) is 0 Å². The van der Waals surface area contributed by atoms with Crippen LogP contribution in [0, 0.1) is 0 Å². The van der Waals surface area contributed by atoms with E-state index in [1.807, 2.05) is 35.2 Å². The molecule has 1 atom stereocenters. The maximum absolute atomic E-state index is 11.0. The Morgan fingerprint density at radius 2 is 2.20 bits per heavy atom. The molecule has 0 saturated heterocycles. The highest BCUT2D eigenvalue weighted by atomic mass is 32.1. The SMILES string of the molecule is C=CCN(c1ccccc1)c1ncc(C(C)C(=O)O)s1. The summed E-state index contributed by atoms with van der Waals surface area (Å²) in [6, 6.07) is 9.85. The van der Waals surface area contributed by atoms with Crippen LogP contribution in [0.1, 0.15) is 17.7 Å². The molecule has 104 valence electrons. The van der Waals surface area contributed by atoms with E-state index in [4.69, 9.17) is 5.11 Å². The minimum absolute atomic E-state index is 0.539. The first kappa shape index (κ1) is 14.3. The van der Waals surface area contributed by atoms with E-state index in [-0.39, 0.29) is 0 Å². The van der Waals surface area contributed by atoms with Gasteiger partial charge in [-0.25, -0.2) is 4.98 Å². The van der Waals surface area contributed by atoms with Crippen molar-refractivity contribution >= 4 is 28.1 Å². The van der Waals surface area contributed by atoms with E-state index >= 15 is 0 Å². The summed E-state index contributed by atoms with van der Waals surface area (Å²) in [4.78, 5) is 18.1. The number of hydrogen-bond donors (Lipinski definition) is 1. The fraction of sp³-hybridized carbons (Fsp3) is 0.200. The number of nitrogens with zero attached hydrogens (tertiary/aromatic N) is 2. The monoisotopic (exact) mass is 288 g/mol. The zero-order valence-corrected chi connectivity index (χ0v) is 12.0. The van der Waals surface area contributed by atoms with Crippen LogP contribution in [0.2, 0.25) is 0 Å². The highest BCUT2D eigenvalue weighted by Crippen LogP contribution is 2.32. The lowest BCUT2D eigenvalue weighted by molar-refractivity contribution is -0.138. The highest BCUT2D eigenvalue weighted by Gasteiger charge is 2.19. The Balaban J connectivity index is 2.31. The van der Waals surface area contributed by atoms with Crippen molar-refractivity contribution in [3.8, 4) is 0 Å². The summed E-state index contributed by atoms with van der Waals surface area (Å²) in [6.45, 7) is 6.05. The van der Waals surface area contributed by atoms with Crippen LogP contribution in [0.15, 0.2) is 49.2 Å². The van der Waals surface area contributed by atoms with Crippen molar-refractivity contribution in [2.75, 3.05) is 11.4 Å². The lowest BCUT2D eigenvalue weighted by Gasteiger charge is -2.20. The van der Waals surface area contributed by atoms with Crippen molar-refractivity contribution in [2.45, 2.75) is 12.8 Å². The molecular weight excluding hydrogens is 272 g/mol. The van der Waals surface area contributed by atoms with Gasteiger partial charge in [0.25, 0.3) is 0 Å². The lowest BCUT2D eigenvalue weighted by Crippen LogP contribution is -2.16. The van der Waals surface area contributed by atoms with Crippen LogP contribution in [0.4, 0.5) is 10.8 Å². The summed E-state index contributed by atoms with van der Waals surface area (Å²) in [6.07, 6.45) is 3.44. The zero-order valence-electron chi connectivity index (χ0n) is 11.2. The van der Waals surface area contributed by atoms with Crippen LogP contribution in [-0.2, 0) is 4.79 Å². The molecule has 1 unspecified atom stereocenters. The number of anilines is 2. The highest BCUT2D eigenvalue weighted by molar-refractivity contribution is 7.15. The molecule has 1 N–H and O–H groups in total. The number of para-hydroxylation sites is 1. The van der Waals surface area contributed by atoms with Gasteiger partial charge in [-0.1, -0.05) is 24.3 Å². The first-order chi connectivity index (χ1) is 9.63. The normalized spacial score (nSPS) is 11.8. The Kier molecular flexibility index (Phi) is 4.53. The number of aromatic nitrogens is 1. The number of carboxylic acids is 1. The molecule has 0 bridgehead atoms. The van der Waals surface area contributed by atoms with Gasteiger partial charge >= 0.3 is 5.97 Å². The van der Waals surface area contributed by atoms with Crippen LogP contribution in [0.25, 0.3) is 0 Å². The fourth-order valence-electron chi connectivity index (χ4n) is 1.75. The first-order valence-corrected chi connectivity index (χ1v) is 7.07. The molecule has 2 aromatic rings. The van der Waals surface area contributed by atoms with E-state index in [1.165, 1.54) is 11.3 Å². The van der Waals surface area contributed by atoms with Crippen LogP contribution >= 0.6 is 11.3 Å². The summed E-state index contributed by atoms with van der Waals surface area (Å²) in [7, 11) is 0. The van der Waals surface area contributed by atoms with Crippen LogP contribution < -0.4 is 4.90 Å². The van der Waals surface area contributed by atoms with Gasteiger partial charge in [-0.2, -0.15) is 0 Å². The fourth-order valence-corrected chi connectivity index (χ4v) is 2.74. The molecule has 1 aromatic carbocycles. The molecule has 20 heavy (non-hydrogen) atoms. The number of hydrogen-bond acceptors (Lipinski definition) is 4. The van der Waals surface area contributed by atoms with Gasteiger partial charge in [0.15, 0.2) is 5.13 Å². The van der Waals surface area contributed by atoms with E-state index < -0.39 is 11.9 Å². The van der Waals surface area contributed by atoms with Gasteiger partial charge in [-0.3, -0.25) is 4.79 Å². The Labute approximate surface area is 122 Å². The van der Waals surface area contributed by atoms with E-state index in [0.29, 0.717) is 6.54 Å². The minimum Gasteiger partial charge on any atom is -0.481 e. The quantitative estimate of drug-likeness (QED) is 0.824. The van der Waals surface area contributed by atoms with Gasteiger partial charge in [0.1, 0.15) is 0 Å². The second-order valence-corrected chi connectivity index (χ2v) is 5.38. The Bertz CT molecular complexity index is 595. The van der Waals surface area contributed by atoms with Gasteiger partial charge in [-0.05, 0) is 19.1 Å². The zero-order chi connectivity index (χ0) is 14.5. The maximum atomic E-state index is 11.0. The van der Waals surface area contributed by atoms with Crippen molar-refractivity contribution in [1.29, 1.82) is 0 Å². The smallest absolute Gasteiger partial charge is 0.311 e. The first-order valence-electron chi connectivity index (χ1n) is 6.25. The van der Waals surface area contributed by atoms with E-state index in [0.717, 1.165) is 15.7 Å². The summed E-state index contributed by atoms with van der Waals surface area (Å²) >= 11 is 1.40. The Hall–Kier alpha value is -2.14. The van der Waals surface area contributed by atoms with Gasteiger partial charge in [0.2, 0.25) is 0 Å². The third-order valence-corrected chi connectivity index (χ3v) is 4.12. The van der Waals surface area contributed by atoms with Crippen LogP contribution in [0.3, 0.4) is 0 Å². The topological polar surface area (TPSA) is 53.4 Å². The molecule has 0 amide bonds. The van der Waals surface area contributed by atoms with E-state index in [2.05, 4.69) is 11.6 Å². The number of aliphatic carboxylic acids is 1. The van der Waals surface area contributed by atoms with Crippen molar-refractivity contribution in [3.05, 3.63) is 54.1 Å². The largest absolute Gasteiger partial charge is 0.481 e. The molecule has 4 nitrogen and oxygen atoms in total. The van der Waals surface area contributed by atoms with Crippen molar-refractivity contribution < 1.29 is 9.90 Å². The predicted molar refractivity (Wildman–Crippen MR) is 81.8 cm³/mol. The van der Waals surface area contributed by atoms with Gasteiger partial charge < -0.3 is 10.0 Å². The Morgan fingerprint density at radius 1 is 1.50 bits per heavy atom. The molecule has 0 spiro atoms. The third-order valence-electron chi connectivity index (χ3n) is 2.92. The average molecular weight is 288 g/mol. The van der Waals surface area contributed by atoms with Crippen LogP contribution in [0.5, 0.6) is 0 Å². The minimum atomic E-state index is -0.838. The average Bonchev–Trinajstić information content (AvgIpc) is 2.94. The number of thiazole rings is 1. The summed E-state index contributed by atoms with van der Waals surface area (Å²) in [5.74, 6) is -1.38. The molecule has 1 aromatic heterocycles. The molecule has 0 aliphatic rings. The van der Waals surface area contributed by atoms with E-state index in [9.17, 15) is 4.79 Å². The number of carbonyl (C=O) groups is 1. The molecule has 1 heterocycles. The molecule has 0 aliphatic heterocycles. The van der Waals surface area contributed by atoms with Gasteiger partial charge in [0, 0.05) is 23.3 Å². The maximum Gasteiger partial charge on any atom is 0.311 e. The Morgan fingerprint density at radius 3 is 2.80 bits per heavy atom. The summed E-state index contributed by atoms with van der Waals surface area (Å²) < 4.78 is 0. The molecule has 5 heteroatoms. The lowest BCUT2D eigenvalue weighted by atomic mass is 10.2. The number of carboxylic acid groups (broad SMARTS) is 1. The third kappa shape index (κ3) is 3.05. The van der Waals surface area contributed by atoms with Crippen molar-refractivity contribution in [3.63, 3.8) is 0 Å². The van der Waals surface area contributed by atoms with Gasteiger partial charge in [0.05, 0.1) is 5.92 Å². The number of rotatable bonds is 6. The second kappa shape index (κ2) is 6.34. The number of benzene rings is 1. The molecule has 0 fully saturated rings.